The van der Waals surface area contributed by atoms with E-state index in [2.05, 4.69) is 9.97 Å². The number of aliphatic hydroxyl groups is 1. The molecule has 152 valence electrons. The van der Waals surface area contributed by atoms with Gasteiger partial charge in [0.25, 0.3) is 5.69 Å². The molecule has 9 heteroatoms. The normalized spacial score (nSPS) is 21.8. The number of ether oxygens (including phenoxy) is 1. The Morgan fingerprint density at radius 1 is 1.31 bits per heavy atom. The lowest BCUT2D eigenvalue weighted by Gasteiger charge is -2.17. The summed E-state index contributed by atoms with van der Waals surface area (Å²) < 4.78 is 20.9. The number of aromatic nitrogens is 2. The third-order valence-electron chi connectivity index (χ3n) is 5.40. The predicted molar refractivity (Wildman–Crippen MR) is 104 cm³/mol. The summed E-state index contributed by atoms with van der Waals surface area (Å²) in [4.78, 5) is 19.5. The van der Waals surface area contributed by atoms with Crippen LogP contribution in [0.2, 0.25) is 0 Å². The zero-order chi connectivity index (χ0) is 20.5. The molecule has 1 aromatic heterocycles. The topological polar surface area (TPSA) is 124 Å². The van der Waals surface area contributed by atoms with Gasteiger partial charge >= 0.3 is 0 Å². The van der Waals surface area contributed by atoms with E-state index in [0.717, 1.165) is 18.1 Å². The Kier molecular flexibility index (Phi) is 5.25. The SMILES string of the molecule is Nc1c([N+](=O)[O-])cc(-c2cnc(C3=CCC(O)CC3)nc2)c(F)c1[C@H]1CCCO1. The molecular formula is C20H21FN4O4. The van der Waals surface area contributed by atoms with Crippen LogP contribution in [0.25, 0.3) is 16.7 Å². The molecule has 1 unspecified atom stereocenters. The van der Waals surface area contributed by atoms with Crippen LogP contribution in [0.3, 0.4) is 0 Å². The number of aliphatic hydroxyl groups excluding tert-OH is 1. The van der Waals surface area contributed by atoms with Crippen molar-refractivity contribution in [1.82, 2.24) is 9.97 Å². The summed E-state index contributed by atoms with van der Waals surface area (Å²) >= 11 is 0. The van der Waals surface area contributed by atoms with E-state index in [9.17, 15) is 15.2 Å². The molecule has 0 spiro atoms. The fourth-order valence-electron chi connectivity index (χ4n) is 3.82. The van der Waals surface area contributed by atoms with Crippen molar-refractivity contribution in [2.75, 3.05) is 12.3 Å². The van der Waals surface area contributed by atoms with Gasteiger partial charge in [0.15, 0.2) is 5.82 Å². The first-order chi connectivity index (χ1) is 14.0. The highest BCUT2D eigenvalue weighted by atomic mass is 19.1. The number of hydrogen-bond donors (Lipinski definition) is 2. The summed E-state index contributed by atoms with van der Waals surface area (Å²) in [6.45, 7) is 0.461. The molecule has 1 aliphatic carbocycles. The standard InChI is InChI=1S/C20H21FN4O4/c21-18-14(8-15(25(27)28)19(22)17(18)16-2-1-7-29-16)12-9-23-20(24-10-12)11-3-5-13(26)6-4-11/h3,8-10,13,16,26H,1-2,4-7,22H2/t13?,16-/m1/s1. The van der Waals surface area contributed by atoms with Gasteiger partial charge in [0, 0.05) is 41.8 Å². The molecule has 2 aliphatic rings. The summed E-state index contributed by atoms with van der Waals surface area (Å²) in [5.74, 6) is -0.137. The molecule has 1 aromatic carbocycles. The average Bonchev–Trinajstić information content (AvgIpc) is 3.23. The molecule has 2 atom stereocenters. The maximum atomic E-state index is 15.3. The highest BCUT2D eigenvalue weighted by Crippen LogP contribution is 2.42. The number of allylic oxidation sites excluding steroid dienone is 1. The fraction of sp³-hybridized carbons (Fsp3) is 0.400. The predicted octanol–water partition coefficient (Wildman–Crippen LogP) is 3.55. The first-order valence-corrected chi connectivity index (χ1v) is 9.53. The van der Waals surface area contributed by atoms with E-state index in [1.165, 1.54) is 12.4 Å². The highest BCUT2D eigenvalue weighted by molar-refractivity contribution is 5.76. The van der Waals surface area contributed by atoms with Crippen LogP contribution < -0.4 is 5.73 Å². The van der Waals surface area contributed by atoms with E-state index in [4.69, 9.17) is 10.5 Å². The Bertz CT molecular complexity index is 971. The van der Waals surface area contributed by atoms with Crippen molar-refractivity contribution in [3.8, 4) is 11.1 Å². The molecular weight excluding hydrogens is 379 g/mol. The molecule has 0 radical (unpaired) electrons. The number of rotatable bonds is 4. The number of anilines is 1. The summed E-state index contributed by atoms with van der Waals surface area (Å²) in [6, 6.07) is 1.12. The van der Waals surface area contributed by atoms with Gasteiger partial charge in [-0.2, -0.15) is 0 Å². The molecule has 0 amide bonds. The number of nitrogens with two attached hydrogens (primary N) is 1. The van der Waals surface area contributed by atoms with Crippen LogP contribution in [0, 0.1) is 15.9 Å². The van der Waals surface area contributed by atoms with E-state index in [1.807, 2.05) is 6.08 Å². The van der Waals surface area contributed by atoms with Gasteiger partial charge in [0.1, 0.15) is 11.5 Å². The van der Waals surface area contributed by atoms with Crippen LogP contribution in [0.15, 0.2) is 24.5 Å². The molecule has 2 aromatic rings. The zero-order valence-corrected chi connectivity index (χ0v) is 15.7. The van der Waals surface area contributed by atoms with Crippen molar-refractivity contribution >= 4 is 16.9 Å². The number of hydrogen-bond acceptors (Lipinski definition) is 7. The Hall–Kier alpha value is -2.91. The molecule has 1 fully saturated rings. The third kappa shape index (κ3) is 3.70. The van der Waals surface area contributed by atoms with Crippen LogP contribution in [-0.4, -0.2) is 32.7 Å². The van der Waals surface area contributed by atoms with Gasteiger partial charge in [0.2, 0.25) is 0 Å². The Labute approximate surface area is 166 Å². The minimum Gasteiger partial charge on any atom is -0.393 e. The van der Waals surface area contributed by atoms with Gasteiger partial charge in [-0.25, -0.2) is 14.4 Å². The van der Waals surface area contributed by atoms with Crippen LogP contribution in [0.1, 0.15) is 49.6 Å². The summed E-state index contributed by atoms with van der Waals surface area (Å²) in [7, 11) is 0. The van der Waals surface area contributed by atoms with Crippen molar-refractivity contribution in [2.24, 2.45) is 0 Å². The molecule has 2 heterocycles. The lowest BCUT2D eigenvalue weighted by Crippen LogP contribution is -2.11. The maximum absolute atomic E-state index is 15.3. The fourth-order valence-corrected chi connectivity index (χ4v) is 3.82. The van der Waals surface area contributed by atoms with E-state index in [1.54, 1.807) is 0 Å². The van der Waals surface area contributed by atoms with Crippen molar-refractivity contribution in [3.05, 3.63) is 51.9 Å². The molecule has 1 aliphatic heterocycles. The molecule has 4 rings (SSSR count). The Morgan fingerprint density at radius 3 is 2.66 bits per heavy atom. The Morgan fingerprint density at radius 2 is 2.07 bits per heavy atom. The highest BCUT2D eigenvalue weighted by Gasteiger charge is 2.31. The van der Waals surface area contributed by atoms with E-state index in [-0.39, 0.29) is 28.6 Å². The van der Waals surface area contributed by atoms with Gasteiger partial charge < -0.3 is 15.6 Å². The molecule has 8 nitrogen and oxygen atoms in total. The Balaban J connectivity index is 1.75. The molecule has 3 N–H and O–H groups in total. The van der Waals surface area contributed by atoms with E-state index in [0.29, 0.717) is 43.7 Å². The molecule has 0 bridgehead atoms. The lowest BCUT2D eigenvalue weighted by molar-refractivity contribution is -0.384. The van der Waals surface area contributed by atoms with Crippen LogP contribution in [0.5, 0.6) is 0 Å². The largest absolute Gasteiger partial charge is 0.393 e. The van der Waals surface area contributed by atoms with Gasteiger partial charge in [-0.1, -0.05) is 6.08 Å². The van der Waals surface area contributed by atoms with Crippen LogP contribution in [-0.2, 0) is 4.74 Å². The summed E-state index contributed by atoms with van der Waals surface area (Å²) in [5.41, 5.74) is 6.66. The number of nitro benzene ring substituents is 1. The number of halogens is 1. The van der Waals surface area contributed by atoms with E-state index < -0.39 is 16.8 Å². The van der Waals surface area contributed by atoms with Gasteiger partial charge in [-0.05, 0) is 37.7 Å². The smallest absolute Gasteiger partial charge is 0.293 e. The first-order valence-electron chi connectivity index (χ1n) is 9.53. The minimum absolute atomic E-state index is 0.0241. The average molecular weight is 400 g/mol. The number of nitro groups is 1. The minimum atomic E-state index is -0.642. The van der Waals surface area contributed by atoms with Crippen LogP contribution in [0.4, 0.5) is 15.8 Å². The van der Waals surface area contributed by atoms with Crippen LogP contribution >= 0.6 is 0 Å². The maximum Gasteiger partial charge on any atom is 0.293 e. The number of nitrogen functional groups attached to an aromatic ring is 1. The second kappa shape index (κ2) is 7.84. The van der Waals surface area contributed by atoms with Gasteiger partial charge in [-0.15, -0.1) is 0 Å². The molecule has 29 heavy (non-hydrogen) atoms. The van der Waals surface area contributed by atoms with Crippen molar-refractivity contribution < 1.29 is 19.2 Å². The number of nitrogens with zero attached hydrogens (tertiary/aromatic N) is 3. The zero-order valence-electron chi connectivity index (χ0n) is 15.7. The van der Waals surface area contributed by atoms with Crippen molar-refractivity contribution in [2.45, 2.75) is 44.3 Å². The quantitative estimate of drug-likeness (QED) is 0.457. The van der Waals surface area contributed by atoms with Crippen molar-refractivity contribution in [3.63, 3.8) is 0 Å². The summed E-state index contributed by atoms with van der Waals surface area (Å²) in [5, 5.41) is 21.1. The third-order valence-corrected chi connectivity index (χ3v) is 5.40. The molecule has 1 saturated heterocycles. The summed E-state index contributed by atoms with van der Waals surface area (Å²) in [6.07, 6.45) is 6.98. The lowest BCUT2D eigenvalue weighted by atomic mass is 9.95. The monoisotopic (exact) mass is 400 g/mol. The van der Waals surface area contributed by atoms with Gasteiger partial charge in [0.05, 0.1) is 17.1 Å². The second-order valence-corrected chi connectivity index (χ2v) is 7.30. The first kappa shape index (κ1) is 19.4. The van der Waals surface area contributed by atoms with Gasteiger partial charge in [-0.3, -0.25) is 10.1 Å². The second-order valence-electron chi connectivity index (χ2n) is 7.30. The van der Waals surface area contributed by atoms with E-state index >= 15 is 4.39 Å². The molecule has 0 saturated carbocycles. The van der Waals surface area contributed by atoms with Crippen molar-refractivity contribution in [1.29, 1.82) is 0 Å². The number of benzene rings is 1.